The molecule has 5 heterocycles. The molecule has 3 atom stereocenters. The van der Waals surface area contributed by atoms with E-state index in [1.54, 1.807) is 14.7 Å². The van der Waals surface area contributed by atoms with Crippen LogP contribution in [-0.2, 0) is 14.2 Å². The summed E-state index contributed by atoms with van der Waals surface area (Å²) in [5, 5.41) is 16.2. The van der Waals surface area contributed by atoms with Crippen molar-refractivity contribution in [2.75, 3.05) is 111 Å². The van der Waals surface area contributed by atoms with Gasteiger partial charge in [-0.3, -0.25) is 9.59 Å². The van der Waals surface area contributed by atoms with E-state index in [0.29, 0.717) is 12.1 Å². The van der Waals surface area contributed by atoms with Gasteiger partial charge in [0, 0.05) is 141 Å². The van der Waals surface area contributed by atoms with Gasteiger partial charge < -0.3 is 65.3 Å². The highest BCUT2D eigenvalue weighted by atomic mass is 16.6. The van der Waals surface area contributed by atoms with E-state index < -0.39 is 11.2 Å². The number of rotatable bonds is 2. The molecule has 0 aliphatic carbocycles. The Kier molecular flexibility index (Phi) is 24.9. The molecule has 2 aromatic carbocycles. The molecule has 0 bridgehead atoms. The van der Waals surface area contributed by atoms with Crippen LogP contribution in [0.5, 0.6) is 0 Å². The number of carbonyl (C=O) groups excluding carboxylic acids is 5. The first-order valence-corrected chi connectivity index (χ1v) is 25.2. The standard InChI is InChI=1S/C12H16N2O.C11H14N2O.2C10H20N2O2.C9H18N2O2/c1-10-9-14(8-7-13-10)12(15)11-5-3-2-4-6-11;14-11(10-4-2-1-3-5-10)13-8-6-12-7-9-13;1-8-7-12(6-5-11-8)9(13)14-10(2,3)4;1-8-7-11-5-6-12(8)9(13)14-10(2,3)4;1-9(2,3)13-8(12)11-6-4-10-5-7-11/h2-6,10,13H,7-9H2,1H3;1-5,12H,6-9H2;2*8,11H,5-7H2,1-4H3;10H,4-7H2,1-3H3. The summed E-state index contributed by atoms with van der Waals surface area (Å²) in [6.45, 7) is 37.0. The molecule has 5 aliphatic rings. The van der Waals surface area contributed by atoms with Gasteiger partial charge in [-0.25, -0.2) is 14.4 Å². The van der Waals surface area contributed by atoms with Gasteiger partial charge in [-0.05, 0) is 107 Å². The number of nitrogens with one attached hydrogen (secondary N) is 5. The van der Waals surface area contributed by atoms with Gasteiger partial charge in [0.25, 0.3) is 11.8 Å². The zero-order valence-corrected chi connectivity index (χ0v) is 44.5. The average Bonchev–Trinajstić information content (AvgIpc) is 3.31. The van der Waals surface area contributed by atoms with E-state index in [2.05, 4.69) is 40.4 Å². The minimum atomic E-state index is -0.401. The number of amides is 5. The third-order valence-electron chi connectivity index (χ3n) is 11.0. The van der Waals surface area contributed by atoms with Crippen molar-refractivity contribution in [1.82, 2.24) is 51.1 Å². The Bertz CT molecular complexity index is 1860. The van der Waals surface area contributed by atoms with E-state index in [4.69, 9.17) is 14.2 Å². The quantitative estimate of drug-likeness (QED) is 0.250. The first-order valence-electron chi connectivity index (χ1n) is 25.2. The molecule has 0 aromatic heterocycles. The molecule has 394 valence electrons. The number of benzene rings is 2. The first-order chi connectivity index (χ1) is 32.9. The molecule has 70 heavy (non-hydrogen) atoms. The lowest BCUT2D eigenvalue weighted by molar-refractivity contribution is 0.0138. The summed E-state index contributed by atoms with van der Waals surface area (Å²) in [7, 11) is 0. The molecule has 7 rings (SSSR count). The number of carbonyl (C=O) groups is 5. The maximum atomic E-state index is 12.0. The SMILES string of the molecule is CC(C)(C)OC(=O)N1CCNCC1.CC1CN(C(=O)OC(C)(C)C)CCN1.CC1CN(C(=O)c2ccccc2)CCN1.CC1CNCCN1C(=O)OC(C)(C)C.O=C(c1ccccc1)N1CCNCC1. The molecule has 18 heteroatoms. The van der Waals surface area contributed by atoms with E-state index in [1.165, 1.54) is 0 Å². The van der Waals surface area contributed by atoms with Gasteiger partial charge >= 0.3 is 18.3 Å². The van der Waals surface area contributed by atoms with Crippen LogP contribution >= 0.6 is 0 Å². The minimum Gasteiger partial charge on any atom is -0.444 e. The lowest BCUT2D eigenvalue weighted by Gasteiger charge is -2.35. The van der Waals surface area contributed by atoms with Crippen molar-refractivity contribution in [3.05, 3.63) is 71.8 Å². The number of ether oxygens (including phenoxy) is 3. The molecule has 5 saturated heterocycles. The summed E-state index contributed by atoms with van der Waals surface area (Å²) in [5.41, 5.74) is 0.385. The zero-order valence-electron chi connectivity index (χ0n) is 44.5. The summed E-state index contributed by atoms with van der Waals surface area (Å²) < 4.78 is 15.8. The van der Waals surface area contributed by atoms with Crippen LogP contribution in [0.1, 0.15) is 104 Å². The Labute approximate surface area is 419 Å². The van der Waals surface area contributed by atoms with Crippen molar-refractivity contribution >= 4 is 30.1 Å². The van der Waals surface area contributed by atoms with Crippen LogP contribution in [-0.4, -0.2) is 201 Å². The van der Waals surface area contributed by atoms with Gasteiger partial charge in [0.05, 0.1) is 0 Å². The highest BCUT2D eigenvalue weighted by Gasteiger charge is 2.29. The molecule has 2 aromatic rings. The van der Waals surface area contributed by atoms with Crippen LogP contribution in [0.3, 0.4) is 0 Å². The molecule has 0 spiro atoms. The number of piperazine rings is 5. The number of hydrogen-bond acceptors (Lipinski definition) is 13. The third-order valence-corrected chi connectivity index (χ3v) is 11.0. The van der Waals surface area contributed by atoms with E-state index in [0.717, 1.165) is 122 Å². The molecule has 5 amide bonds. The van der Waals surface area contributed by atoms with Crippen molar-refractivity contribution < 1.29 is 38.2 Å². The smallest absolute Gasteiger partial charge is 0.410 e. The van der Waals surface area contributed by atoms with E-state index in [-0.39, 0.29) is 41.7 Å². The topological polar surface area (TPSA) is 189 Å². The van der Waals surface area contributed by atoms with Gasteiger partial charge in [-0.15, -0.1) is 0 Å². The first kappa shape index (κ1) is 59.3. The fourth-order valence-corrected chi connectivity index (χ4v) is 7.54. The predicted molar refractivity (Wildman–Crippen MR) is 276 cm³/mol. The number of hydrogen-bond donors (Lipinski definition) is 5. The Morgan fingerprint density at radius 2 is 0.800 bits per heavy atom. The summed E-state index contributed by atoms with van der Waals surface area (Å²) >= 11 is 0. The van der Waals surface area contributed by atoms with Gasteiger partial charge in [0.15, 0.2) is 0 Å². The summed E-state index contributed by atoms with van der Waals surface area (Å²) in [5.74, 6) is 0.288. The largest absolute Gasteiger partial charge is 0.444 e. The molecule has 0 saturated carbocycles. The normalized spacial score (nSPS) is 20.7. The van der Waals surface area contributed by atoms with Gasteiger partial charge in [-0.1, -0.05) is 36.4 Å². The Morgan fingerprint density at radius 1 is 0.443 bits per heavy atom. The van der Waals surface area contributed by atoms with Crippen LogP contribution in [0.2, 0.25) is 0 Å². The highest BCUT2D eigenvalue weighted by Crippen LogP contribution is 2.14. The van der Waals surface area contributed by atoms with Crippen LogP contribution < -0.4 is 26.6 Å². The van der Waals surface area contributed by atoms with Crippen LogP contribution in [0.4, 0.5) is 14.4 Å². The van der Waals surface area contributed by atoms with Crippen LogP contribution in [0.25, 0.3) is 0 Å². The molecule has 18 nitrogen and oxygen atoms in total. The molecular weight excluding hydrogens is 893 g/mol. The van der Waals surface area contributed by atoms with E-state index in [9.17, 15) is 24.0 Å². The van der Waals surface area contributed by atoms with Crippen LogP contribution in [0, 0.1) is 0 Å². The van der Waals surface area contributed by atoms with E-state index in [1.807, 2.05) is 140 Å². The van der Waals surface area contributed by atoms with Crippen molar-refractivity contribution in [3.8, 4) is 0 Å². The molecular formula is C52H88N10O8. The average molecular weight is 981 g/mol. The van der Waals surface area contributed by atoms with Crippen molar-refractivity contribution in [1.29, 1.82) is 0 Å². The Hall–Kier alpha value is -5.01. The summed E-state index contributed by atoms with van der Waals surface area (Å²) in [6.07, 6.45) is -0.605. The zero-order chi connectivity index (χ0) is 51.9. The third kappa shape index (κ3) is 23.7. The maximum Gasteiger partial charge on any atom is 0.410 e. The minimum absolute atomic E-state index is 0.143. The maximum absolute atomic E-state index is 12.0. The number of nitrogens with zero attached hydrogens (tertiary/aromatic N) is 5. The van der Waals surface area contributed by atoms with Crippen molar-refractivity contribution in [3.63, 3.8) is 0 Å². The molecule has 5 aliphatic heterocycles. The molecule has 0 radical (unpaired) electrons. The van der Waals surface area contributed by atoms with Gasteiger partial charge in [0.2, 0.25) is 0 Å². The Balaban J connectivity index is 0.000000232. The highest BCUT2D eigenvalue weighted by molar-refractivity contribution is 5.94. The summed E-state index contributed by atoms with van der Waals surface area (Å²) in [4.78, 5) is 67.8. The molecule has 3 unspecified atom stereocenters. The molecule has 5 fully saturated rings. The summed E-state index contributed by atoms with van der Waals surface area (Å²) in [6, 6.07) is 19.9. The lowest BCUT2D eigenvalue weighted by Crippen LogP contribution is -2.53. The second kappa shape index (κ2) is 29.4. The van der Waals surface area contributed by atoms with Crippen molar-refractivity contribution in [2.45, 2.75) is 118 Å². The fourth-order valence-electron chi connectivity index (χ4n) is 7.54. The predicted octanol–water partition coefficient (Wildman–Crippen LogP) is 5.11. The fraction of sp³-hybridized carbons (Fsp3) is 0.673. The van der Waals surface area contributed by atoms with Crippen LogP contribution in [0.15, 0.2) is 60.7 Å². The lowest BCUT2D eigenvalue weighted by atomic mass is 10.1. The molecule has 5 N–H and O–H groups in total. The Morgan fingerprint density at radius 3 is 1.23 bits per heavy atom. The van der Waals surface area contributed by atoms with Gasteiger partial charge in [0.1, 0.15) is 16.8 Å². The van der Waals surface area contributed by atoms with E-state index >= 15 is 0 Å². The van der Waals surface area contributed by atoms with Gasteiger partial charge in [-0.2, -0.15) is 0 Å². The monoisotopic (exact) mass is 981 g/mol. The second-order valence-corrected chi connectivity index (χ2v) is 21.1. The second-order valence-electron chi connectivity index (χ2n) is 21.1. The van der Waals surface area contributed by atoms with Crippen molar-refractivity contribution in [2.24, 2.45) is 0 Å².